The molecule has 0 unspecified atom stereocenters. The van der Waals surface area contributed by atoms with Gasteiger partial charge in [-0.3, -0.25) is 14.7 Å². The Morgan fingerprint density at radius 3 is 2.50 bits per heavy atom. The van der Waals surface area contributed by atoms with E-state index in [0.29, 0.717) is 4.91 Å². The smallest absolute Gasteiger partial charge is 0.266 e. The summed E-state index contributed by atoms with van der Waals surface area (Å²) in [4.78, 5) is 20.1. The molecular formula is C21H24N2O2S. The predicted octanol–water partition coefficient (Wildman–Crippen LogP) is 4.94. The Labute approximate surface area is 158 Å². The molecule has 1 aliphatic heterocycles. The molecule has 2 aromatic rings. The van der Waals surface area contributed by atoms with Crippen LogP contribution in [0.25, 0.3) is 16.8 Å². The maximum absolute atomic E-state index is 13.0. The predicted molar refractivity (Wildman–Crippen MR) is 111 cm³/mol. The van der Waals surface area contributed by atoms with Crippen LogP contribution in [-0.2, 0) is 4.79 Å². The number of methoxy groups -OCH3 is 1. The number of aliphatic imine (C=N–C) groups is 1. The highest BCUT2D eigenvalue weighted by Crippen LogP contribution is 2.37. The van der Waals surface area contributed by atoms with Crippen LogP contribution in [0.5, 0.6) is 5.75 Å². The van der Waals surface area contributed by atoms with E-state index in [1.54, 1.807) is 12.0 Å². The van der Waals surface area contributed by atoms with Crippen LogP contribution in [0, 0.1) is 0 Å². The lowest BCUT2D eigenvalue weighted by Crippen LogP contribution is -2.35. The molecule has 0 bridgehead atoms. The number of rotatable bonds is 4. The number of hydrogen-bond donors (Lipinski definition) is 0. The number of carbonyl (C=O) groups is 1. The highest BCUT2D eigenvalue weighted by Gasteiger charge is 2.35. The van der Waals surface area contributed by atoms with Gasteiger partial charge in [-0.05, 0) is 62.4 Å². The molecule has 0 spiro atoms. The molecule has 0 atom stereocenters. The molecule has 1 aliphatic rings. The summed E-state index contributed by atoms with van der Waals surface area (Å²) in [6.45, 7) is 8.06. The first-order chi connectivity index (χ1) is 12.4. The van der Waals surface area contributed by atoms with E-state index in [-0.39, 0.29) is 18.0 Å². The normalized spacial score (nSPS) is 18.1. The zero-order chi connectivity index (χ0) is 18.8. The topological polar surface area (TPSA) is 41.9 Å². The standard InChI is InChI=1S/C21H24N2O2S/c1-13(2)22-21-23(14(3)4)20(24)19(26-21)12-17-16-9-7-6-8-15(16)10-11-18(17)25-5/h6-14H,1-5H3/b19-12-,22-21?. The van der Waals surface area contributed by atoms with Crippen LogP contribution in [0.4, 0.5) is 0 Å². The molecule has 26 heavy (non-hydrogen) atoms. The third-order valence-corrected chi connectivity index (χ3v) is 5.15. The Hall–Kier alpha value is -2.27. The lowest BCUT2D eigenvalue weighted by Gasteiger charge is -2.20. The lowest BCUT2D eigenvalue weighted by atomic mass is 10.0. The summed E-state index contributed by atoms with van der Waals surface area (Å²) in [7, 11) is 1.65. The minimum atomic E-state index is -0.000567. The van der Waals surface area contributed by atoms with Crippen LogP contribution in [0.3, 0.4) is 0 Å². The van der Waals surface area contributed by atoms with E-state index in [2.05, 4.69) is 17.1 Å². The van der Waals surface area contributed by atoms with Crippen molar-refractivity contribution >= 4 is 39.7 Å². The molecule has 0 aliphatic carbocycles. The van der Waals surface area contributed by atoms with Crippen LogP contribution in [-0.4, -0.2) is 35.2 Å². The van der Waals surface area contributed by atoms with E-state index < -0.39 is 0 Å². The van der Waals surface area contributed by atoms with Crippen LogP contribution in [0.15, 0.2) is 46.3 Å². The maximum atomic E-state index is 13.0. The van der Waals surface area contributed by atoms with Crippen LogP contribution in [0.2, 0.25) is 0 Å². The molecule has 1 saturated heterocycles. The van der Waals surface area contributed by atoms with Crippen molar-refractivity contribution in [1.82, 2.24) is 4.90 Å². The summed E-state index contributed by atoms with van der Waals surface area (Å²) >= 11 is 1.44. The monoisotopic (exact) mass is 368 g/mol. The minimum absolute atomic E-state index is 0.000567. The van der Waals surface area contributed by atoms with Crippen molar-refractivity contribution in [2.75, 3.05) is 7.11 Å². The Morgan fingerprint density at radius 1 is 1.12 bits per heavy atom. The van der Waals surface area contributed by atoms with Gasteiger partial charge in [0.15, 0.2) is 5.17 Å². The summed E-state index contributed by atoms with van der Waals surface area (Å²) in [5, 5.41) is 2.95. The molecule has 1 amide bonds. The fraction of sp³-hybridized carbons (Fsp3) is 0.333. The van der Waals surface area contributed by atoms with Gasteiger partial charge in [-0.25, -0.2) is 0 Å². The van der Waals surface area contributed by atoms with Gasteiger partial charge >= 0.3 is 0 Å². The molecule has 136 valence electrons. The van der Waals surface area contributed by atoms with Crippen molar-refractivity contribution in [2.45, 2.75) is 39.8 Å². The number of amides is 1. The molecule has 1 fully saturated rings. The van der Waals surface area contributed by atoms with Gasteiger partial charge in [-0.2, -0.15) is 0 Å². The molecule has 2 aromatic carbocycles. The second-order valence-electron chi connectivity index (χ2n) is 6.79. The third kappa shape index (κ3) is 3.49. The number of ether oxygens (including phenoxy) is 1. The Morgan fingerprint density at radius 2 is 1.85 bits per heavy atom. The molecule has 0 saturated carbocycles. The van der Waals surface area contributed by atoms with Crippen LogP contribution in [0.1, 0.15) is 33.3 Å². The number of carbonyl (C=O) groups excluding carboxylic acids is 1. The van der Waals surface area contributed by atoms with Crippen LogP contribution < -0.4 is 4.74 Å². The van der Waals surface area contributed by atoms with Crippen molar-refractivity contribution in [3.05, 3.63) is 46.9 Å². The average Bonchev–Trinajstić information content (AvgIpc) is 2.89. The van der Waals surface area contributed by atoms with Gasteiger partial charge in [0.1, 0.15) is 5.75 Å². The maximum Gasteiger partial charge on any atom is 0.266 e. The molecule has 4 nitrogen and oxygen atoms in total. The summed E-state index contributed by atoms with van der Waals surface area (Å²) in [6.07, 6.45) is 1.94. The minimum Gasteiger partial charge on any atom is -0.496 e. The number of benzene rings is 2. The summed E-state index contributed by atoms with van der Waals surface area (Å²) in [5.74, 6) is 0.759. The number of fused-ring (bicyclic) bond motifs is 1. The van der Waals surface area contributed by atoms with Gasteiger partial charge in [0, 0.05) is 17.6 Å². The van der Waals surface area contributed by atoms with Gasteiger partial charge in [0.2, 0.25) is 0 Å². The van der Waals surface area contributed by atoms with E-state index in [4.69, 9.17) is 4.74 Å². The van der Waals surface area contributed by atoms with Gasteiger partial charge in [0.05, 0.1) is 12.0 Å². The van der Waals surface area contributed by atoms with Crippen molar-refractivity contribution in [3.63, 3.8) is 0 Å². The first-order valence-corrected chi connectivity index (χ1v) is 9.60. The molecular weight excluding hydrogens is 344 g/mol. The summed E-state index contributed by atoms with van der Waals surface area (Å²) in [6, 6.07) is 12.3. The number of thioether (sulfide) groups is 1. The van der Waals surface area contributed by atoms with E-state index in [1.807, 2.05) is 58.0 Å². The first-order valence-electron chi connectivity index (χ1n) is 8.79. The molecule has 3 rings (SSSR count). The Balaban J connectivity index is 2.13. The highest BCUT2D eigenvalue weighted by atomic mass is 32.2. The fourth-order valence-electron chi connectivity index (χ4n) is 2.99. The van der Waals surface area contributed by atoms with Crippen molar-refractivity contribution in [1.29, 1.82) is 0 Å². The van der Waals surface area contributed by atoms with Gasteiger partial charge in [-0.1, -0.05) is 30.3 Å². The van der Waals surface area contributed by atoms with Gasteiger partial charge < -0.3 is 4.74 Å². The van der Waals surface area contributed by atoms with Crippen molar-refractivity contribution in [3.8, 4) is 5.75 Å². The van der Waals surface area contributed by atoms with Crippen molar-refractivity contribution < 1.29 is 9.53 Å². The molecule has 0 aromatic heterocycles. The SMILES string of the molecule is COc1ccc2ccccc2c1/C=C1\SC(=NC(C)C)N(C(C)C)C1=O. The average molecular weight is 369 g/mol. The summed E-state index contributed by atoms with van der Waals surface area (Å²) in [5.41, 5.74) is 0.927. The molecule has 0 radical (unpaired) electrons. The van der Waals surface area contributed by atoms with E-state index in [9.17, 15) is 4.79 Å². The number of nitrogens with zero attached hydrogens (tertiary/aromatic N) is 2. The zero-order valence-electron chi connectivity index (χ0n) is 15.8. The number of hydrogen-bond acceptors (Lipinski definition) is 4. The van der Waals surface area contributed by atoms with E-state index in [0.717, 1.165) is 27.3 Å². The van der Waals surface area contributed by atoms with Crippen molar-refractivity contribution in [2.24, 2.45) is 4.99 Å². The largest absolute Gasteiger partial charge is 0.496 e. The quantitative estimate of drug-likeness (QED) is 0.718. The second kappa shape index (κ2) is 7.54. The Bertz CT molecular complexity index is 900. The van der Waals surface area contributed by atoms with Gasteiger partial charge in [-0.15, -0.1) is 0 Å². The van der Waals surface area contributed by atoms with Crippen LogP contribution >= 0.6 is 11.8 Å². The second-order valence-corrected chi connectivity index (χ2v) is 7.80. The molecule has 1 heterocycles. The van der Waals surface area contributed by atoms with E-state index in [1.165, 1.54) is 11.8 Å². The van der Waals surface area contributed by atoms with Gasteiger partial charge in [0.25, 0.3) is 5.91 Å². The summed E-state index contributed by atoms with van der Waals surface area (Å²) < 4.78 is 5.56. The number of amidine groups is 1. The first kappa shape index (κ1) is 18.5. The fourth-order valence-corrected chi connectivity index (χ4v) is 4.20. The Kier molecular flexibility index (Phi) is 5.37. The third-order valence-electron chi connectivity index (χ3n) is 4.15. The van der Waals surface area contributed by atoms with E-state index >= 15 is 0 Å². The molecule has 5 heteroatoms. The zero-order valence-corrected chi connectivity index (χ0v) is 16.6. The highest BCUT2D eigenvalue weighted by molar-refractivity contribution is 8.18. The molecule has 0 N–H and O–H groups in total. The lowest BCUT2D eigenvalue weighted by molar-refractivity contribution is -0.123.